The van der Waals surface area contributed by atoms with Gasteiger partial charge in [-0.25, -0.2) is 0 Å². The molecule has 0 aliphatic carbocycles. The first-order valence-corrected chi connectivity index (χ1v) is 7.66. The summed E-state index contributed by atoms with van der Waals surface area (Å²) < 4.78 is 0.770. The molecule has 1 atom stereocenters. The Kier molecular flexibility index (Phi) is 7.75. The molecule has 0 fully saturated rings. The summed E-state index contributed by atoms with van der Waals surface area (Å²) in [6.07, 6.45) is 1.33. The van der Waals surface area contributed by atoms with E-state index >= 15 is 0 Å². The Labute approximate surface area is 139 Å². The van der Waals surface area contributed by atoms with Crippen LogP contribution in [0.2, 0.25) is 4.34 Å². The summed E-state index contributed by atoms with van der Waals surface area (Å²) in [7, 11) is 0. The molecule has 1 unspecified atom stereocenters. The minimum atomic E-state index is -0.510. The van der Waals surface area contributed by atoms with E-state index in [1.807, 2.05) is 42.5 Å². The molecule has 0 aliphatic heterocycles. The number of hydrogen-bond acceptors (Lipinski definition) is 3. The van der Waals surface area contributed by atoms with Gasteiger partial charge in [-0.05, 0) is 30.5 Å². The molecule has 3 N–H and O–H groups in total. The van der Waals surface area contributed by atoms with Gasteiger partial charge in [-0.2, -0.15) is 0 Å². The van der Waals surface area contributed by atoms with Crippen molar-refractivity contribution in [3.63, 3.8) is 0 Å². The molecule has 0 bridgehead atoms. The van der Waals surface area contributed by atoms with Crippen LogP contribution in [0.15, 0.2) is 42.5 Å². The standard InChI is InChI=1S/C15H17ClN2OS.ClH/c16-14-7-6-12(20-14)8-9-18-15(19)13(17)10-11-4-2-1-3-5-11;/h1-7,13H,8-10,17H2,(H,18,19);1H. The third-order valence-corrected chi connectivity index (χ3v) is 4.23. The van der Waals surface area contributed by atoms with E-state index in [9.17, 15) is 4.79 Å². The Balaban J connectivity index is 0.00000220. The first-order chi connectivity index (χ1) is 9.65. The van der Waals surface area contributed by atoms with Gasteiger partial charge in [0.05, 0.1) is 10.4 Å². The number of nitrogens with one attached hydrogen (secondary N) is 1. The van der Waals surface area contributed by atoms with Crippen molar-refractivity contribution in [2.24, 2.45) is 5.73 Å². The Morgan fingerprint density at radius 2 is 1.95 bits per heavy atom. The van der Waals surface area contributed by atoms with E-state index in [1.54, 1.807) is 0 Å². The fraction of sp³-hybridized carbons (Fsp3) is 0.267. The van der Waals surface area contributed by atoms with Gasteiger partial charge in [-0.15, -0.1) is 23.7 Å². The maximum absolute atomic E-state index is 11.9. The number of halogens is 2. The molecule has 0 saturated carbocycles. The summed E-state index contributed by atoms with van der Waals surface area (Å²) in [6, 6.07) is 13.1. The van der Waals surface area contributed by atoms with E-state index in [0.717, 1.165) is 21.2 Å². The zero-order valence-electron chi connectivity index (χ0n) is 11.4. The van der Waals surface area contributed by atoms with Crippen molar-refractivity contribution >= 4 is 41.3 Å². The van der Waals surface area contributed by atoms with Crippen LogP contribution in [0.5, 0.6) is 0 Å². The van der Waals surface area contributed by atoms with Gasteiger partial charge in [-0.1, -0.05) is 41.9 Å². The van der Waals surface area contributed by atoms with Crippen LogP contribution < -0.4 is 11.1 Å². The minimum Gasteiger partial charge on any atom is -0.354 e. The van der Waals surface area contributed by atoms with E-state index in [0.29, 0.717) is 13.0 Å². The molecule has 1 heterocycles. The van der Waals surface area contributed by atoms with E-state index < -0.39 is 6.04 Å². The lowest BCUT2D eigenvalue weighted by atomic mass is 10.1. The van der Waals surface area contributed by atoms with Gasteiger partial charge in [0, 0.05) is 11.4 Å². The maximum atomic E-state index is 11.9. The van der Waals surface area contributed by atoms with E-state index in [2.05, 4.69) is 5.32 Å². The summed E-state index contributed by atoms with van der Waals surface area (Å²) in [6.45, 7) is 0.582. The molecular formula is C15H18Cl2N2OS. The van der Waals surface area contributed by atoms with Gasteiger partial charge in [-0.3, -0.25) is 4.79 Å². The van der Waals surface area contributed by atoms with Crippen molar-refractivity contribution in [2.75, 3.05) is 6.54 Å². The molecule has 114 valence electrons. The number of carbonyl (C=O) groups is 1. The van der Waals surface area contributed by atoms with Crippen molar-refractivity contribution < 1.29 is 4.79 Å². The number of rotatable bonds is 6. The molecule has 21 heavy (non-hydrogen) atoms. The highest BCUT2D eigenvalue weighted by molar-refractivity contribution is 7.16. The predicted octanol–water partition coefficient (Wildman–Crippen LogP) is 3.05. The molecule has 2 rings (SSSR count). The average Bonchev–Trinajstić information content (AvgIpc) is 2.85. The molecule has 0 radical (unpaired) electrons. The number of benzene rings is 1. The van der Waals surface area contributed by atoms with Crippen LogP contribution in [-0.2, 0) is 17.6 Å². The first-order valence-electron chi connectivity index (χ1n) is 6.46. The minimum absolute atomic E-state index is 0. The van der Waals surface area contributed by atoms with Crippen LogP contribution in [0.25, 0.3) is 0 Å². The van der Waals surface area contributed by atoms with Crippen LogP contribution >= 0.6 is 35.3 Å². The van der Waals surface area contributed by atoms with E-state index in [-0.39, 0.29) is 18.3 Å². The molecule has 0 saturated heterocycles. The average molecular weight is 345 g/mol. The number of nitrogens with two attached hydrogens (primary N) is 1. The van der Waals surface area contributed by atoms with Crippen molar-refractivity contribution in [1.82, 2.24) is 5.32 Å². The third-order valence-electron chi connectivity index (χ3n) is 2.93. The molecule has 3 nitrogen and oxygen atoms in total. The highest BCUT2D eigenvalue weighted by atomic mass is 35.5. The molecule has 0 spiro atoms. The Bertz CT molecular complexity index is 560. The van der Waals surface area contributed by atoms with Gasteiger partial charge in [0.2, 0.25) is 5.91 Å². The second-order valence-corrected chi connectivity index (χ2v) is 6.34. The number of hydrogen-bond donors (Lipinski definition) is 2. The van der Waals surface area contributed by atoms with Crippen LogP contribution in [0.3, 0.4) is 0 Å². The first kappa shape index (κ1) is 18.0. The monoisotopic (exact) mass is 344 g/mol. The number of carbonyl (C=O) groups excluding carboxylic acids is 1. The summed E-state index contributed by atoms with van der Waals surface area (Å²) in [5.74, 6) is -0.114. The quantitative estimate of drug-likeness (QED) is 0.845. The molecule has 2 aromatic rings. The van der Waals surface area contributed by atoms with Gasteiger partial charge < -0.3 is 11.1 Å². The SMILES string of the molecule is Cl.NC(Cc1ccccc1)C(=O)NCCc1ccc(Cl)s1. The second-order valence-electron chi connectivity index (χ2n) is 4.54. The Morgan fingerprint density at radius 3 is 2.57 bits per heavy atom. The van der Waals surface area contributed by atoms with E-state index in [1.165, 1.54) is 11.3 Å². The maximum Gasteiger partial charge on any atom is 0.237 e. The second kappa shape index (κ2) is 9.05. The largest absolute Gasteiger partial charge is 0.354 e. The zero-order chi connectivity index (χ0) is 14.4. The smallest absolute Gasteiger partial charge is 0.237 e. The lowest BCUT2D eigenvalue weighted by Gasteiger charge is -2.12. The van der Waals surface area contributed by atoms with Gasteiger partial charge in [0.1, 0.15) is 0 Å². The highest BCUT2D eigenvalue weighted by Crippen LogP contribution is 2.21. The molecule has 6 heteroatoms. The fourth-order valence-corrected chi connectivity index (χ4v) is 2.97. The summed E-state index contributed by atoms with van der Waals surface area (Å²) in [4.78, 5) is 13.0. The Hall–Kier alpha value is -1.07. The van der Waals surface area contributed by atoms with Crippen molar-refractivity contribution in [1.29, 1.82) is 0 Å². The zero-order valence-corrected chi connectivity index (χ0v) is 13.8. The summed E-state index contributed by atoms with van der Waals surface area (Å²) >= 11 is 7.39. The fourth-order valence-electron chi connectivity index (χ4n) is 1.89. The van der Waals surface area contributed by atoms with Crippen LogP contribution in [0.4, 0.5) is 0 Å². The van der Waals surface area contributed by atoms with Crippen molar-refractivity contribution in [2.45, 2.75) is 18.9 Å². The molecule has 1 amide bonds. The lowest BCUT2D eigenvalue weighted by Crippen LogP contribution is -2.42. The van der Waals surface area contributed by atoms with Crippen molar-refractivity contribution in [3.05, 3.63) is 57.2 Å². The lowest BCUT2D eigenvalue weighted by molar-refractivity contribution is -0.122. The van der Waals surface area contributed by atoms with Crippen LogP contribution in [-0.4, -0.2) is 18.5 Å². The third kappa shape index (κ3) is 6.06. The van der Waals surface area contributed by atoms with Gasteiger partial charge in [0.15, 0.2) is 0 Å². The Morgan fingerprint density at radius 1 is 1.24 bits per heavy atom. The molecule has 1 aromatic heterocycles. The normalized spacial score (nSPS) is 11.5. The van der Waals surface area contributed by atoms with Gasteiger partial charge >= 0.3 is 0 Å². The van der Waals surface area contributed by atoms with E-state index in [4.69, 9.17) is 17.3 Å². The summed E-state index contributed by atoms with van der Waals surface area (Å²) in [5, 5.41) is 2.86. The van der Waals surface area contributed by atoms with Crippen molar-refractivity contribution in [3.8, 4) is 0 Å². The van der Waals surface area contributed by atoms with Crippen LogP contribution in [0, 0.1) is 0 Å². The topological polar surface area (TPSA) is 55.1 Å². The van der Waals surface area contributed by atoms with Gasteiger partial charge in [0.25, 0.3) is 0 Å². The highest BCUT2D eigenvalue weighted by Gasteiger charge is 2.13. The summed E-state index contributed by atoms with van der Waals surface area (Å²) in [5.41, 5.74) is 6.97. The molecular weight excluding hydrogens is 327 g/mol. The van der Waals surface area contributed by atoms with Crippen LogP contribution in [0.1, 0.15) is 10.4 Å². The number of amides is 1. The predicted molar refractivity (Wildman–Crippen MR) is 91.4 cm³/mol. The number of thiophene rings is 1. The molecule has 0 aliphatic rings. The molecule has 1 aromatic carbocycles.